The number of benzene rings is 1. The predicted molar refractivity (Wildman–Crippen MR) is 80.8 cm³/mol. The predicted octanol–water partition coefficient (Wildman–Crippen LogP) is 1.59. The van der Waals surface area contributed by atoms with Gasteiger partial charge in [-0.3, -0.25) is 0 Å². The van der Waals surface area contributed by atoms with Crippen LogP contribution in [0.5, 0.6) is 5.75 Å². The van der Waals surface area contributed by atoms with Crippen molar-refractivity contribution in [2.45, 2.75) is 32.1 Å². The van der Waals surface area contributed by atoms with Crippen LogP contribution in [0, 0.1) is 13.8 Å². The molecule has 0 aliphatic heterocycles. The Balaban J connectivity index is 2.82. The zero-order valence-corrected chi connectivity index (χ0v) is 13.4. The van der Waals surface area contributed by atoms with Gasteiger partial charge < -0.3 is 10.1 Å². The van der Waals surface area contributed by atoms with Crippen LogP contribution in [0.15, 0.2) is 17.0 Å². The van der Waals surface area contributed by atoms with Gasteiger partial charge in [-0.1, -0.05) is 6.92 Å². The van der Waals surface area contributed by atoms with Crippen LogP contribution in [0.1, 0.15) is 24.5 Å². The largest absolute Gasteiger partial charge is 0.497 e. The molecule has 0 aliphatic carbocycles. The molecule has 0 amide bonds. The third-order valence-corrected chi connectivity index (χ3v) is 4.72. The topological polar surface area (TPSA) is 67.4 Å². The third kappa shape index (κ3) is 4.47. The summed E-state index contributed by atoms with van der Waals surface area (Å²) in [7, 11) is -1.91. The minimum atomic E-state index is -3.48. The first-order chi connectivity index (χ1) is 9.42. The lowest BCUT2D eigenvalue weighted by Gasteiger charge is -2.13. The Kier molecular flexibility index (Phi) is 6.45. The van der Waals surface area contributed by atoms with Crippen LogP contribution >= 0.6 is 0 Å². The summed E-state index contributed by atoms with van der Waals surface area (Å²) in [6.45, 7) is 7.52. The lowest BCUT2D eigenvalue weighted by Crippen LogP contribution is -2.32. The van der Waals surface area contributed by atoms with E-state index in [1.165, 1.54) is 0 Å². The highest BCUT2D eigenvalue weighted by molar-refractivity contribution is 7.89. The third-order valence-electron chi connectivity index (χ3n) is 2.96. The van der Waals surface area contributed by atoms with E-state index < -0.39 is 10.0 Å². The van der Waals surface area contributed by atoms with Crippen LogP contribution in [0.25, 0.3) is 0 Å². The van der Waals surface area contributed by atoms with Crippen molar-refractivity contribution in [2.24, 2.45) is 0 Å². The van der Waals surface area contributed by atoms with E-state index in [-0.39, 0.29) is 0 Å². The highest BCUT2D eigenvalue weighted by Crippen LogP contribution is 2.25. The van der Waals surface area contributed by atoms with Crippen molar-refractivity contribution in [1.29, 1.82) is 0 Å². The summed E-state index contributed by atoms with van der Waals surface area (Å²) in [6.07, 6.45) is 1.03. The molecule has 0 spiro atoms. The van der Waals surface area contributed by atoms with Crippen LogP contribution < -0.4 is 14.8 Å². The first kappa shape index (κ1) is 16.9. The molecule has 1 aromatic rings. The van der Waals surface area contributed by atoms with Crippen molar-refractivity contribution in [2.75, 3.05) is 26.7 Å². The number of aryl methyl sites for hydroxylation is 2. The summed E-state index contributed by atoms with van der Waals surface area (Å²) in [5.41, 5.74) is 1.38. The Labute approximate surface area is 121 Å². The molecular formula is C14H24N2O3S. The van der Waals surface area contributed by atoms with Gasteiger partial charge in [0.05, 0.1) is 12.0 Å². The van der Waals surface area contributed by atoms with Crippen molar-refractivity contribution >= 4 is 10.0 Å². The minimum absolute atomic E-state index is 0.341. The molecule has 5 nitrogen and oxygen atoms in total. The molecule has 2 N–H and O–H groups in total. The Morgan fingerprint density at radius 2 is 1.70 bits per heavy atom. The van der Waals surface area contributed by atoms with Crippen LogP contribution in [-0.4, -0.2) is 35.2 Å². The molecule has 0 fully saturated rings. The highest BCUT2D eigenvalue weighted by atomic mass is 32.2. The Morgan fingerprint density at radius 1 is 1.10 bits per heavy atom. The molecule has 0 atom stereocenters. The second kappa shape index (κ2) is 7.61. The van der Waals surface area contributed by atoms with E-state index in [1.807, 2.05) is 0 Å². The number of hydrogen-bond acceptors (Lipinski definition) is 4. The van der Waals surface area contributed by atoms with Gasteiger partial charge in [0.2, 0.25) is 10.0 Å². The SMILES string of the molecule is CCCNCCNS(=O)(=O)c1c(C)cc(OC)cc1C. The molecule has 0 saturated heterocycles. The quantitative estimate of drug-likeness (QED) is 0.716. The van der Waals surface area contributed by atoms with Crippen LogP contribution in [0.3, 0.4) is 0 Å². The van der Waals surface area contributed by atoms with Crippen molar-refractivity contribution in [3.05, 3.63) is 23.3 Å². The molecule has 0 saturated carbocycles. The van der Waals surface area contributed by atoms with Crippen molar-refractivity contribution in [3.8, 4) is 5.75 Å². The van der Waals surface area contributed by atoms with Crippen LogP contribution in [0.4, 0.5) is 0 Å². The summed E-state index contributed by atoms with van der Waals surface area (Å²) in [5.74, 6) is 0.670. The highest BCUT2D eigenvalue weighted by Gasteiger charge is 2.19. The molecule has 0 heterocycles. The normalized spacial score (nSPS) is 11.6. The van der Waals surface area contributed by atoms with Gasteiger partial charge in [-0.05, 0) is 50.1 Å². The molecular weight excluding hydrogens is 276 g/mol. The maximum Gasteiger partial charge on any atom is 0.241 e. The molecule has 0 aliphatic rings. The summed E-state index contributed by atoms with van der Waals surface area (Å²) < 4.78 is 32.4. The van der Waals surface area contributed by atoms with Gasteiger partial charge in [0, 0.05) is 13.1 Å². The Hall–Kier alpha value is -1.11. The molecule has 6 heteroatoms. The van der Waals surface area contributed by atoms with Gasteiger partial charge in [-0.2, -0.15) is 0 Å². The molecule has 20 heavy (non-hydrogen) atoms. The second-order valence-electron chi connectivity index (χ2n) is 4.74. The average molecular weight is 300 g/mol. The van der Waals surface area contributed by atoms with Gasteiger partial charge in [-0.15, -0.1) is 0 Å². The molecule has 0 unspecified atom stereocenters. The zero-order valence-electron chi connectivity index (χ0n) is 12.6. The van der Waals surface area contributed by atoms with E-state index in [9.17, 15) is 8.42 Å². The van der Waals surface area contributed by atoms with E-state index >= 15 is 0 Å². The smallest absolute Gasteiger partial charge is 0.241 e. The molecule has 1 aromatic carbocycles. The average Bonchev–Trinajstić information content (AvgIpc) is 2.37. The van der Waals surface area contributed by atoms with Crippen molar-refractivity contribution in [3.63, 3.8) is 0 Å². The number of rotatable bonds is 8. The van der Waals surface area contributed by atoms with E-state index in [1.54, 1.807) is 33.1 Å². The van der Waals surface area contributed by atoms with Gasteiger partial charge >= 0.3 is 0 Å². The fourth-order valence-electron chi connectivity index (χ4n) is 2.10. The first-order valence-electron chi connectivity index (χ1n) is 6.78. The lowest BCUT2D eigenvalue weighted by atomic mass is 10.1. The lowest BCUT2D eigenvalue weighted by molar-refractivity contribution is 0.413. The second-order valence-corrected chi connectivity index (χ2v) is 6.44. The standard InChI is InChI=1S/C14H24N2O3S/c1-5-6-15-7-8-16-20(17,18)14-11(2)9-13(19-4)10-12(14)3/h9-10,15-16H,5-8H2,1-4H3. The molecule has 0 bridgehead atoms. The fraction of sp³-hybridized carbons (Fsp3) is 0.571. The van der Waals surface area contributed by atoms with Gasteiger partial charge in [0.1, 0.15) is 5.75 Å². The minimum Gasteiger partial charge on any atom is -0.497 e. The zero-order chi connectivity index (χ0) is 15.2. The maximum absolute atomic E-state index is 12.3. The molecule has 114 valence electrons. The molecule has 1 rings (SSSR count). The number of hydrogen-bond donors (Lipinski definition) is 2. The van der Waals surface area contributed by atoms with E-state index in [4.69, 9.17) is 4.74 Å². The van der Waals surface area contributed by atoms with Crippen molar-refractivity contribution < 1.29 is 13.2 Å². The van der Waals surface area contributed by atoms with E-state index in [0.717, 1.165) is 13.0 Å². The van der Waals surface area contributed by atoms with Gasteiger partial charge in [0.25, 0.3) is 0 Å². The first-order valence-corrected chi connectivity index (χ1v) is 8.26. The fourth-order valence-corrected chi connectivity index (χ4v) is 3.58. The number of sulfonamides is 1. The Bertz CT molecular complexity index is 518. The van der Waals surface area contributed by atoms with Gasteiger partial charge in [0.15, 0.2) is 0 Å². The molecule has 0 radical (unpaired) electrons. The monoisotopic (exact) mass is 300 g/mol. The Morgan fingerprint density at radius 3 is 2.20 bits per heavy atom. The number of methoxy groups -OCH3 is 1. The molecule has 0 aromatic heterocycles. The van der Waals surface area contributed by atoms with E-state index in [0.29, 0.717) is 34.9 Å². The van der Waals surface area contributed by atoms with Crippen molar-refractivity contribution in [1.82, 2.24) is 10.0 Å². The summed E-state index contributed by atoms with van der Waals surface area (Å²) in [4.78, 5) is 0.341. The van der Waals surface area contributed by atoms with Crippen LogP contribution in [0.2, 0.25) is 0 Å². The van der Waals surface area contributed by atoms with Crippen LogP contribution in [-0.2, 0) is 10.0 Å². The summed E-state index contributed by atoms with van der Waals surface area (Å²) in [5, 5.41) is 3.16. The summed E-state index contributed by atoms with van der Waals surface area (Å²) in [6, 6.07) is 3.47. The van der Waals surface area contributed by atoms with E-state index in [2.05, 4.69) is 17.0 Å². The number of ether oxygens (including phenoxy) is 1. The van der Waals surface area contributed by atoms with Gasteiger partial charge in [-0.25, -0.2) is 13.1 Å². The summed E-state index contributed by atoms with van der Waals surface area (Å²) >= 11 is 0. The number of nitrogens with one attached hydrogen (secondary N) is 2. The maximum atomic E-state index is 12.3.